The Bertz CT molecular complexity index is 286. The summed E-state index contributed by atoms with van der Waals surface area (Å²) < 4.78 is 5.52. The van der Waals surface area contributed by atoms with Crippen LogP contribution in [0.1, 0.15) is 25.0 Å². The van der Waals surface area contributed by atoms with Gasteiger partial charge >= 0.3 is 6.01 Å². The maximum absolute atomic E-state index is 5.52. The van der Waals surface area contributed by atoms with Gasteiger partial charge in [0.2, 0.25) is 0 Å². The van der Waals surface area contributed by atoms with E-state index in [2.05, 4.69) is 9.97 Å². The number of aromatic nitrogens is 2. The highest BCUT2D eigenvalue weighted by molar-refractivity contribution is 5.05. The van der Waals surface area contributed by atoms with Crippen molar-refractivity contribution in [3.63, 3.8) is 0 Å². The third kappa shape index (κ3) is 1.95. The lowest BCUT2D eigenvalue weighted by atomic mass is 9.96. The standard InChI is InChI=1S/C9H13N3O/c10-6-7-4-5-11-9(12-7)13-8-2-1-3-8/h4-5,8H,1-3,6,10H2. The number of ether oxygens (including phenoxy) is 1. The first-order valence-corrected chi connectivity index (χ1v) is 4.57. The fourth-order valence-corrected chi connectivity index (χ4v) is 1.18. The van der Waals surface area contributed by atoms with Crippen LogP contribution in [0.2, 0.25) is 0 Å². The molecule has 0 aromatic carbocycles. The van der Waals surface area contributed by atoms with Crippen molar-refractivity contribution in [2.45, 2.75) is 31.9 Å². The van der Waals surface area contributed by atoms with Crippen LogP contribution in [0.25, 0.3) is 0 Å². The van der Waals surface area contributed by atoms with E-state index in [0.29, 0.717) is 18.7 Å². The van der Waals surface area contributed by atoms with Crippen molar-refractivity contribution >= 4 is 0 Å². The molecule has 0 saturated heterocycles. The van der Waals surface area contributed by atoms with E-state index in [9.17, 15) is 0 Å². The lowest BCUT2D eigenvalue weighted by Crippen LogP contribution is -2.25. The zero-order chi connectivity index (χ0) is 9.10. The number of nitrogens with two attached hydrogens (primary N) is 1. The van der Waals surface area contributed by atoms with E-state index in [-0.39, 0.29) is 0 Å². The summed E-state index contributed by atoms with van der Waals surface area (Å²) in [6.07, 6.45) is 5.50. The molecular formula is C9H13N3O. The average Bonchev–Trinajstić information content (AvgIpc) is 2.12. The Morgan fingerprint density at radius 2 is 2.38 bits per heavy atom. The number of rotatable bonds is 3. The lowest BCUT2D eigenvalue weighted by molar-refractivity contribution is 0.108. The minimum absolute atomic E-state index is 0.327. The van der Waals surface area contributed by atoms with Crippen LogP contribution in [0.15, 0.2) is 12.3 Å². The maximum Gasteiger partial charge on any atom is 0.316 e. The van der Waals surface area contributed by atoms with Crippen LogP contribution in [-0.2, 0) is 6.54 Å². The van der Waals surface area contributed by atoms with E-state index < -0.39 is 0 Å². The van der Waals surface area contributed by atoms with Gasteiger partial charge in [-0.25, -0.2) is 4.98 Å². The third-order valence-electron chi connectivity index (χ3n) is 2.22. The number of nitrogens with zero attached hydrogens (tertiary/aromatic N) is 2. The van der Waals surface area contributed by atoms with Crippen molar-refractivity contribution in [1.82, 2.24) is 9.97 Å². The summed E-state index contributed by atoms with van der Waals surface area (Å²) >= 11 is 0. The van der Waals surface area contributed by atoms with Crippen LogP contribution in [0, 0.1) is 0 Å². The first kappa shape index (κ1) is 8.44. The van der Waals surface area contributed by atoms with Gasteiger partial charge in [0.25, 0.3) is 0 Å². The molecule has 13 heavy (non-hydrogen) atoms. The van der Waals surface area contributed by atoms with Gasteiger partial charge in [-0.1, -0.05) is 0 Å². The summed E-state index contributed by atoms with van der Waals surface area (Å²) in [4.78, 5) is 8.18. The van der Waals surface area contributed by atoms with Gasteiger partial charge in [-0.15, -0.1) is 0 Å². The van der Waals surface area contributed by atoms with Gasteiger partial charge in [-0.2, -0.15) is 4.98 Å². The van der Waals surface area contributed by atoms with Crippen LogP contribution in [0.3, 0.4) is 0 Å². The van der Waals surface area contributed by atoms with Crippen molar-refractivity contribution in [2.24, 2.45) is 5.73 Å². The van der Waals surface area contributed by atoms with Gasteiger partial charge in [-0.05, 0) is 25.3 Å². The molecular weight excluding hydrogens is 166 g/mol. The molecule has 0 aliphatic heterocycles. The van der Waals surface area contributed by atoms with Gasteiger partial charge in [0, 0.05) is 12.7 Å². The predicted octanol–water partition coefficient (Wildman–Crippen LogP) is 0.867. The summed E-state index contributed by atoms with van der Waals surface area (Å²) in [5.74, 6) is 0. The van der Waals surface area contributed by atoms with Gasteiger partial charge < -0.3 is 10.5 Å². The molecule has 70 valence electrons. The van der Waals surface area contributed by atoms with Gasteiger partial charge in [0.05, 0.1) is 5.69 Å². The quantitative estimate of drug-likeness (QED) is 0.747. The molecule has 0 amide bonds. The molecule has 2 rings (SSSR count). The second-order valence-electron chi connectivity index (χ2n) is 3.21. The summed E-state index contributed by atoms with van der Waals surface area (Å²) in [6, 6.07) is 2.26. The average molecular weight is 179 g/mol. The van der Waals surface area contributed by atoms with E-state index in [1.54, 1.807) is 12.3 Å². The zero-order valence-corrected chi connectivity index (χ0v) is 7.44. The Hall–Kier alpha value is -1.16. The Morgan fingerprint density at radius 3 is 3.00 bits per heavy atom. The van der Waals surface area contributed by atoms with Crippen LogP contribution >= 0.6 is 0 Å². The van der Waals surface area contributed by atoms with Gasteiger partial charge in [-0.3, -0.25) is 0 Å². The van der Waals surface area contributed by atoms with E-state index in [1.165, 1.54) is 6.42 Å². The topological polar surface area (TPSA) is 61.0 Å². The summed E-state index contributed by atoms with van der Waals surface area (Å²) in [5.41, 5.74) is 6.27. The SMILES string of the molecule is NCc1ccnc(OC2CCC2)n1. The fourth-order valence-electron chi connectivity index (χ4n) is 1.18. The molecule has 1 heterocycles. The first-order valence-electron chi connectivity index (χ1n) is 4.57. The normalized spacial score (nSPS) is 16.7. The molecule has 0 bridgehead atoms. The summed E-state index contributed by atoms with van der Waals surface area (Å²) in [6.45, 7) is 0.434. The minimum atomic E-state index is 0.327. The second kappa shape index (κ2) is 3.70. The zero-order valence-electron chi connectivity index (χ0n) is 7.44. The Labute approximate surface area is 77.1 Å². The molecule has 1 saturated carbocycles. The van der Waals surface area contributed by atoms with Gasteiger partial charge in [0.1, 0.15) is 6.10 Å². The highest BCUT2D eigenvalue weighted by atomic mass is 16.5. The Balaban J connectivity index is 2.01. The molecule has 4 heteroatoms. The van der Waals surface area contributed by atoms with Crippen molar-refractivity contribution in [2.75, 3.05) is 0 Å². The van der Waals surface area contributed by atoms with Crippen LogP contribution in [0.5, 0.6) is 6.01 Å². The Kier molecular flexibility index (Phi) is 2.40. The maximum atomic E-state index is 5.52. The van der Waals surface area contributed by atoms with E-state index >= 15 is 0 Å². The van der Waals surface area contributed by atoms with Crippen molar-refractivity contribution in [3.05, 3.63) is 18.0 Å². The van der Waals surface area contributed by atoms with Gasteiger partial charge in [0.15, 0.2) is 0 Å². The van der Waals surface area contributed by atoms with E-state index in [4.69, 9.17) is 10.5 Å². The number of hydrogen-bond acceptors (Lipinski definition) is 4. The lowest BCUT2D eigenvalue weighted by Gasteiger charge is -2.24. The van der Waals surface area contributed by atoms with Crippen LogP contribution in [-0.4, -0.2) is 16.1 Å². The number of hydrogen-bond donors (Lipinski definition) is 1. The van der Waals surface area contributed by atoms with Crippen LogP contribution in [0.4, 0.5) is 0 Å². The molecule has 0 unspecified atom stereocenters. The molecule has 4 nitrogen and oxygen atoms in total. The molecule has 1 aromatic heterocycles. The smallest absolute Gasteiger partial charge is 0.316 e. The van der Waals surface area contributed by atoms with E-state index in [1.807, 2.05) is 0 Å². The second-order valence-corrected chi connectivity index (χ2v) is 3.21. The molecule has 1 fully saturated rings. The van der Waals surface area contributed by atoms with Crippen LogP contribution < -0.4 is 10.5 Å². The summed E-state index contributed by atoms with van der Waals surface area (Å²) in [7, 11) is 0. The molecule has 1 aliphatic rings. The molecule has 0 spiro atoms. The molecule has 2 N–H and O–H groups in total. The Morgan fingerprint density at radius 1 is 1.54 bits per heavy atom. The largest absolute Gasteiger partial charge is 0.460 e. The highest BCUT2D eigenvalue weighted by Crippen LogP contribution is 2.22. The molecule has 1 aliphatic carbocycles. The molecule has 1 aromatic rings. The van der Waals surface area contributed by atoms with Crippen molar-refractivity contribution in [1.29, 1.82) is 0 Å². The van der Waals surface area contributed by atoms with Crippen molar-refractivity contribution in [3.8, 4) is 6.01 Å². The first-order chi connectivity index (χ1) is 6.38. The minimum Gasteiger partial charge on any atom is -0.460 e. The summed E-state index contributed by atoms with van der Waals surface area (Å²) in [5, 5.41) is 0. The monoisotopic (exact) mass is 179 g/mol. The molecule has 0 radical (unpaired) electrons. The van der Waals surface area contributed by atoms with E-state index in [0.717, 1.165) is 18.5 Å². The van der Waals surface area contributed by atoms with Crippen molar-refractivity contribution < 1.29 is 4.74 Å². The highest BCUT2D eigenvalue weighted by Gasteiger charge is 2.19. The third-order valence-corrected chi connectivity index (χ3v) is 2.22. The fraction of sp³-hybridized carbons (Fsp3) is 0.556. The predicted molar refractivity (Wildman–Crippen MR) is 48.2 cm³/mol. The molecule has 0 atom stereocenters.